The van der Waals surface area contributed by atoms with Gasteiger partial charge in [-0.2, -0.15) is 0 Å². The van der Waals surface area contributed by atoms with E-state index in [9.17, 15) is 4.79 Å². The average Bonchev–Trinajstić information content (AvgIpc) is 2.67. The lowest BCUT2D eigenvalue weighted by atomic mass is 10.0. The summed E-state index contributed by atoms with van der Waals surface area (Å²) in [4.78, 5) is 17.3. The molecule has 1 aliphatic heterocycles. The first-order chi connectivity index (χ1) is 8.70. The summed E-state index contributed by atoms with van der Waals surface area (Å²) in [6, 6.07) is 8.15. The maximum atomic E-state index is 12.1. The summed E-state index contributed by atoms with van der Waals surface area (Å²) in [5, 5.41) is 4.35. The van der Waals surface area contributed by atoms with E-state index in [-0.39, 0.29) is 11.9 Å². The highest BCUT2D eigenvalue weighted by molar-refractivity contribution is 5.88. The van der Waals surface area contributed by atoms with Gasteiger partial charge in [0.1, 0.15) is 0 Å². The summed E-state index contributed by atoms with van der Waals surface area (Å²) in [5.74, 6) is 0.159. The Hall–Kier alpha value is -1.81. The molecule has 0 saturated heterocycles. The van der Waals surface area contributed by atoms with Crippen molar-refractivity contribution in [1.82, 2.24) is 15.2 Å². The van der Waals surface area contributed by atoms with Crippen LogP contribution in [0.25, 0.3) is 10.9 Å². The summed E-state index contributed by atoms with van der Waals surface area (Å²) >= 11 is 0. The molecule has 1 aromatic heterocycles. The van der Waals surface area contributed by atoms with Crippen LogP contribution in [-0.2, 0) is 17.8 Å². The molecular weight excluding hydrogens is 226 g/mol. The third-order valence-corrected chi connectivity index (χ3v) is 3.73. The van der Waals surface area contributed by atoms with Gasteiger partial charge in [-0.15, -0.1) is 0 Å². The molecule has 94 valence electrons. The lowest BCUT2D eigenvalue weighted by Gasteiger charge is -2.19. The maximum Gasteiger partial charge on any atom is 0.240 e. The van der Waals surface area contributed by atoms with Crippen LogP contribution < -0.4 is 5.32 Å². The smallest absolute Gasteiger partial charge is 0.240 e. The van der Waals surface area contributed by atoms with Crippen molar-refractivity contribution >= 4 is 16.8 Å². The minimum Gasteiger partial charge on any atom is -0.357 e. The zero-order valence-electron chi connectivity index (χ0n) is 10.7. The molecule has 18 heavy (non-hydrogen) atoms. The van der Waals surface area contributed by atoms with Gasteiger partial charge in [0, 0.05) is 23.6 Å². The number of fused-ring (bicyclic) bond motifs is 3. The third-order valence-electron chi connectivity index (χ3n) is 3.73. The van der Waals surface area contributed by atoms with E-state index in [1.165, 1.54) is 10.9 Å². The minimum absolute atomic E-state index is 0.129. The van der Waals surface area contributed by atoms with Gasteiger partial charge >= 0.3 is 0 Å². The molecule has 0 radical (unpaired) electrons. The molecule has 0 spiro atoms. The number of aromatic nitrogens is 1. The van der Waals surface area contributed by atoms with Crippen LogP contribution in [0.15, 0.2) is 24.3 Å². The quantitative estimate of drug-likeness (QED) is 0.792. The van der Waals surface area contributed by atoms with Gasteiger partial charge in [0.05, 0.1) is 12.6 Å². The van der Waals surface area contributed by atoms with Crippen molar-refractivity contribution in [2.45, 2.75) is 19.0 Å². The molecule has 1 aromatic carbocycles. The second kappa shape index (κ2) is 4.14. The standard InChI is InChI=1S/C14H17N3O/c1-15-12-7-10-9-5-3-4-6-11(9)16-13(10)8-17(2)14(12)18/h3-6,12,15-16H,7-8H2,1-2H3. The van der Waals surface area contributed by atoms with Crippen LogP contribution >= 0.6 is 0 Å². The molecule has 4 heteroatoms. The highest BCUT2D eigenvalue weighted by atomic mass is 16.2. The predicted molar refractivity (Wildman–Crippen MR) is 71.3 cm³/mol. The number of hydrogen-bond acceptors (Lipinski definition) is 2. The lowest BCUT2D eigenvalue weighted by Crippen LogP contribution is -2.42. The van der Waals surface area contributed by atoms with E-state index >= 15 is 0 Å². The Morgan fingerprint density at radius 2 is 2.17 bits per heavy atom. The first-order valence-corrected chi connectivity index (χ1v) is 6.21. The van der Waals surface area contributed by atoms with Gasteiger partial charge in [0.25, 0.3) is 0 Å². The van der Waals surface area contributed by atoms with Crippen molar-refractivity contribution in [2.24, 2.45) is 0 Å². The molecule has 0 aliphatic carbocycles. The molecule has 4 nitrogen and oxygen atoms in total. The number of hydrogen-bond donors (Lipinski definition) is 2. The van der Waals surface area contributed by atoms with E-state index in [1.54, 1.807) is 4.90 Å². The van der Waals surface area contributed by atoms with Crippen LogP contribution in [0, 0.1) is 0 Å². The van der Waals surface area contributed by atoms with E-state index in [4.69, 9.17) is 0 Å². The van der Waals surface area contributed by atoms with Crippen molar-refractivity contribution < 1.29 is 4.79 Å². The van der Waals surface area contributed by atoms with Gasteiger partial charge in [0.15, 0.2) is 0 Å². The van der Waals surface area contributed by atoms with E-state index in [0.29, 0.717) is 6.54 Å². The fraction of sp³-hybridized carbons (Fsp3) is 0.357. The molecule has 3 rings (SSSR count). The van der Waals surface area contributed by atoms with Gasteiger partial charge in [-0.3, -0.25) is 4.79 Å². The van der Waals surface area contributed by atoms with Crippen molar-refractivity contribution in [1.29, 1.82) is 0 Å². The summed E-state index contributed by atoms with van der Waals surface area (Å²) < 4.78 is 0. The van der Waals surface area contributed by atoms with Crippen LogP contribution in [-0.4, -0.2) is 35.9 Å². The molecular formula is C14H17N3O. The number of benzene rings is 1. The third kappa shape index (κ3) is 1.61. The Morgan fingerprint density at radius 1 is 1.39 bits per heavy atom. The molecule has 0 fully saturated rings. The first kappa shape index (κ1) is 11.3. The number of carbonyl (C=O) groups excluding carboxylic acids is 1. The second-order valence-electron chi connectivity index (χ2n) is 4.87. The molecule has 1 unspecified atom stereocenters. The van der Waals surface area contributed by atoms with Crippen LogP contribution in [0.2, 0.25) is 0 Å². The summed E-state index contributed by atoms with van der Waals surface area (Å²) in [5.41, 5.74) is 3.58. The zero-order valence-corrected chi connectivity index (χ0v) is 10.7. The van der Waals surface area contributed by atoms with Crippen molar-refractivity contribution in [2.75, 3.05) is 14.1 Å². The number of rotatable bonds is 1. The Balaban J connectivity index is 2.15. The van der Waals surface area contributed by atoms with Gasteiger partial charge in [0.2, 0.25) is 5.91 Å². The monoisotopic (exact) mass is 243 g/mol. The van der Waals surface area contributed by atoms with Crippen LogP contribution in [0.5, 0.6) is 0 Å². The normalized spacial score (nSPS) is 20.0. The highest BCUT2D eigenvalue weighted by Gasteiger charge is 2.28. The minimum atomic E-state index is -0.129. The van der Waals surface area contributed by atoms with Gasteiger partial charge in [-0.05, 0) is 25.1 Å². The Morgan fingerprint density at radius 3 is 2.94 bits per heavy atom. The van der Waals surface area contributed by atoms with Crippen molar-refractivity contribution in [3.05, 3.63) is 35.5 Å². The van der Waals surface area contributed by atoms with Crippen LogP contribution in [0.1, 0.15) is 11.3 Å². The molecule has 2 aromatic rings. The Bertz CT molecular complexity index is 602. The molecule has 0 bridgehead atoms. The number of likely N-dealkylation sites (N-methyl/N-ethyl adjacent to an activating group) is 2. The van der Waals surface area contributed by atoms with Crippen molar-refractivity contribution in [3.63, 3.8) is 0 Å². The molecule has 1 atom stereocenters. The van der Waals surface area contributed by atoms with Gasteiger partial charge in [-0.1, -0.05) is 18.2 Å². The number of carbonyl (C=O) groups is 1. The zero-order chi connectivity index (χ0) is 12.7. The van der Waals surface area contributed by atoms with E-state index in [1.807, 2.05) is 26.2 Å². The average molecular weight is 243 g/mol. The van der Waals surface area contributed by atoms with E-state index < -0.39 is 0 Å². The number of amides is 1. The predicted octanol–water partition coefficient (Wildman–Crippen LogP) is 1.27. The number of aromatic amines is 1. The van der Waals surface area contributed by atoms with E-state index in [0.717, 1.165) is 17.6 Å². The molecule has 1 aliphatic rings. The number of para-hydroxylation sites is 1. The fourth-order valence-electron chi connectivity index (χ4n) is 2.72. The number of H-pyrrole nitrogens is 1. The topological polar surface area (TPSA) is 48.1 Å². The molecule has 2 heterocycles. The SMILES string of the molecule is CNC1Cc2c([nH]c3ccccc23)CN(C)C1=O. The fourth-order valence-corrected chi connectivity index (χ4v) is 2.72. The summed E-state index contributed by atoms with van der Waals surface area (Å²) in [7, 11) is 3.70. The highest BCUT2D eigenvalue weighted by Crippen LogP contribution is 2.27. The first-order valence-electron chi connectivity index (χ1n) is 6.21. The number of nitrogens with one attached hydrogen (secondary N) is 2. The van der Waals surface area contributed by atoms with Crippen molar-refractivity contribution in [3.8, 4) is 0 Å². The largest absolute Gasteiger partial charge is 0.357 e. The molecule has 2 N–H and O–H groups in total. The molecule has 1 amide bonds. The van der Waals surface area contributed by atoms with Gasteiger partial charge in [-0.25, -0.2) is 0 Å². The van der Waals surface area contributed by atoms with Crippen LogP contribution in [0.3, 0.4) is 0 Å². The van der Waals surface area contributed by atoms with Gasteiger partial charge < -0.3 is 15.2 Å². The Kier molecular flexibility index (Phi) is 2.59. The summed E-state index contributed by atoms with van der Waals surface area (Å²) in [6.07, 6.45) is 0.749. The number of nitrogens with zero attached hydrogens (tertiary/aromatic N) is 1. The Labute approximate surface area is 106 Å². The second-order valence-corrected chi connectivity index (χ2v) is 4.87. The van der Waals surface area contributed by atoms with E-state index in [2.05, 4.69) is 22.4 Å². The lowest BCUT2D eigenvalue weighted by molar-refractivity contribution is -0.132. The molecule has 0 saturated carbocycles. The van der Waals surface area contributed by atoms with Crippen LogP contribution in [0.4, 0.5) is 0 Å². The summed E-state index contributed by atoms with van der Waals surface area (Å²) in [6.45, 7) is 0.654. The maximum absolute atomic E-state index is 12.1.